The zero-order chi connectivity index (χ0) is 15.7. The number of methoxy groups -OCH3 is 1. The van der Waals surface area contributed by atoms with Gasteiger partial charge in [0.05, 0.1) is 24.5 Å². The standard InChI is InChI=1S/C14H19ClN2O4/c1-3-16-14(19)11-8-10(15)4-5-12(11)17-13(18)9-21-7-6-20-2/h4-5,8H,3,6-7,9H2,1-2H3,(H,16,19)(H,17,18). The Bertz CT molecular complexity index is 494. The molecule has 21 heavy (non-hydrogen) atoms. The zero-order valence-corrected chi connectivity index (χ0v) is 12.8. The molecule has 0 aromatic heterocycles. The Morgan fingerprint density at radius 1 is 1.29 bits per heavy atom. The number of ether oxygens (including phenoxy) is 2. The summed E-state index contributed by atoms with van der Waals surface area (Å²) in [6, 6.07) is 4.69. The van der Waals surface area contributed by atoms with Crippen molar-refractivity contribution in [3.63, 3.8) is 0 Å². The van der Waals surface area contributed by atoms with E-state index in [0.717, 1.165) is 0 Å². The lowest BCUT2D eigenvalue weighted by atomic mass is 10.1. The van der Waals surface area contributed by atoms with Crippen LogP contribution in [0, 0.1) is 0 Å². The number of amides is 2. The number of halogens is 1. The maximum absolute atomic E-state index is 11.9. The lowest BCUT2D eigenvalue weighted by molar-refractivity contribution is -0.121. The van der Waals surface area contributed by atoms with Gasteiger partial charge in [-0.05, 0) is 25.1 Å². The fourth-order valence-corrected chi connectivity index (χ4v) is 1.73. The molecule has 2 amide bonds. The molecule has 0 radical (unpaired) electrons. The normalized spacial score (nSPS) is 10.2. The number of nitrogens with one attached hydrogen (secondary N) is 2. The van der Waals surface area contributed by atoms with Crippen LogP contribution >= 0.6 is 11.6 Å². The van der Waals surface area contributed by atoms with Crippen LogP contribution in [0.3, 0.4) is 0 Å². The van der Waals surface area contributed by atoms with E-state index in [1.165, 1.54) is 6.07 Å². The van der Waals surface area contributed by atoms with Gasteiger partial charge in [0.15, 0.2) is 0 Å². The molecule has 6 nitrogen and oxygen atoms in total. The minimum Gasteiger partial charge on any atom is -0.382 e. The van der Waals surface area contributed by atoms with Crippen LogP contribution in [0.25, 0.3) is 0 Å². The van der Waals surface area contributed by atoms with E-state index in [0.29, 0.717) is 36.0 Å². The van der Waals surface area contributed by atoms with Crippen LogP contribution in [0.5, 0.6) is 0 Å². The average Bonchev–Trinajstić information content (AvgIpc) is 2.46. The van der Waals surface area contributed by atoms with E-state index < -0.39 is 0 Å². The monoisotopic (exact) mass is 314 g/mol. The summed E-state index contributed by atoms with van der Waals surface area (Å²) in [4.78, 5) is 23.7. The second kappa shape index (κ2) is 9.33. The van der Waals surface area contributed by atoms with Crippen LogP contribution in [0.15, 0.2) is 18.2 Å². The van der Waals surface area contributed by atoms with Gasteiger partial charge in [0.1, 0.15) is 6.61 Å². The van der Waals surface area contributed by atoms with Crippen molar-refractivity contribution in [1.29, 1.82) is 0 Å². The molecule has 0 saturated carbocycles. The van der Waals surface area contributed by atoms with Gasteiger partial charge in [0, 0.05) is 18.7 Å². The minimum absolute atomic E-state index is 0.110. The molecule has 0 unspecified atom stereocenters. The van der Waals surface area contributed by atoms with E-state index in [1.807, 2.05) is 6.92 Å². The summed E-state index contributed by atoms with van der Waals surface area (Å²) in [7, 11) is 1.55. The molecule has 0 aliphatic rings. The summed E-state index contributed by atoms with van der Waals surface area (Å²) < 4.78 is 9.92. The van der Waals surface area contributed by atoms with Crippen LogP contribution in [-0.2, 0) is 14.3 Å². The largest absolute Gasteiger partial charge is 0.382 e. The fourth-order valence-electron chi connectivity index (χ4n) is 1.56. The van der Waals surface area contributed by atoms with E-state index in [2.05, 4.69) is 10.6 Å². The predicted octanol–water partition coefficient (Wildman–Crippen LogP) is 1.69. The van der Waals surface area contributed by atoms with Crippen molar-refractivity contribution >= 4 is 29.1 Å². The highest BCUT2D eigenvalue weighted by Gasteiger charge is 2.13. The number of carbonyl (C=O) groups excluding carboxylic acids is 2. The third kappa shape index (κ3) is 6.12. The summed E-state index contributed by atoms with van der Waals surface area (Å²) in [6.45, 7) is 2.93. The van der Waals surface area contributed by atoms with Gasteiger partial charge < -0.3 is 20.1 Å². The Labute approximate surface area is 128 Å². The van der Waals surface area contributed by atoms with Crippen LogP contribution in [-0.4, -0.2) is 45.3 Å². The average molecular weight is 315 g/mol. The second-order valence-electron chi connectivity index (χ2n) is 4.14. The Morgan fingerprint density at radius 2 is 2.05 bits per heavy atom. The maximum Gasteiger partial charge on any atom is 0.253 e. The molecule has 1 rings (SSSR count). The highest BCUT2D eigenvalue weighted by atomic mass is 35.5. The quantitative estimate of drug-likeness (QED) is 0.716. The second-order valence-corrected chi connectivity index (χ2v) is 4.58. The van der Waals surface area contributed by atoms with Gasteiger partial charge in [-0.2, -0.15) is 0 Å². The third-order valence-electron chi connectivity index (χ3n) is 2.50. The van der Waals surface area contributed by atoms with E-state index in [4.69, 9.17) is 21.1 Å². The maximum atomic E-state index is 11.9. The Morgan fingerprint density at radius 3 is 2.71 bits per heavy atom. The number of rotatable bonds is 8. The van der Waals surface area contributed by atoms with E-state index in [9.17, 15) is 9.59 Å². The number of hydrogen-bond acceptors (Lipinski definition) is 4. The van der Waals surface area contributed by atoms with Gasteiger partial charge in [-0.3, -0.25) is 9.59 Å². The van der Waals surface area contributed by atoms with Crippen molar-refractivity contribution in [1.82, 2.24) is 5.32 Å². The molecular formula is C14H19ClN2O4. The molecule has 2 N–H and O–H groups in total. The smallest absolute Gasteiger partial charge is 0.253 e. The van der Waals surface area contributed by atoms with Gasteiger partial charge in [-0.25, -0.2) is 0 Å². The van der Waals surface area contributed by atoms with Gasteiger partial charge in [-0.15, -0.1) is 0 Å². The topological polar surface area (TPSA) is 76.7 Å². The first-order valence-corrected chi connectivity index (χ1v) is 6.90. The molecular weight excluding hydrogens is 296 g/mol. The minimum atomic E-state index is -0.348. The highest BCUT2D eigenvalue weighted by Crippen LogP contribution is 2.20. The fraction of sp³-hybridized carbons (Fsp3) is 0.429. The molecule has 0 fully saturated rings. The first-order chi connectivity index (χ1) is 10.1. The highest BCUT2D eigenvalue weighted by molar-refractivity contribution is 6.31. The van der Waals surface area contributed by atoms with E-state index in [-0.39, 0.29) is 18.4 Å². The van der Waals surface area contributed by atoms with Gasteiger partial charge in [-0.1, -0.05) is 11.6 Å². The molecule has 0 bridgehead atoms. The van der Waals surface area contributed by atoms with Crippen LogP contribution in [0.2, 0.25) is 5.02 Å². The first-order valence-electron chi connectivity index (χ1n) is 6.52. The molecule has 0 heterocycles. The molecule has 0 aliphatic heterocycles. The molecule has 0 atom stereocenters. The van der Waals surface area contributed by atoms with Crippen molar-refractivity contribution in [2.75, 3.05) is 38.8 Å². The van der Waals surface area contributed by atoms with Gasteiger partial charge in [0.2, 0.25) is 5.91 Å². The Balaban J connectivity index is 2.69. The van der Waals surface area contributed by atoms with Gasteiger partial charge in [0.25, 0.3) is 5.91 Å². The molecule has 116 valence electrons. The van der Waals surface area contributed by atoms with E-state index >= 15 is 0 Å². The van der Waals surface area contributed by atoms with Crippen molar-refractivity contribution in [3.8, 4) is 0 Å². The van der Waals surface area contributed by atoms with Crippen molar-refractivity contribution in [2.24, 2.45) is 0 Å². The number of carbonyl (C=O) groups is 2. The summed E-state index contributed by atoms with van der Waals surface area (Å²) in [6.07, 6.45) is 0. The van der Waals surface area contributed by atoms with Crippen molar-refractivity contribution < 1.29 is 19.1 Å². The summed E-state index contributed by atoms with van der Waals surface area (Å²) in [5.41, 5.74) is 0.709. The first kappa shape index (κ1) is 17.4. The van der Waals surface area contributed by atoms with Crippen LogP contribution < -0.4 is 10.6 Å². The summed E-state index contributed by atoms with van der Waals surface area (Å²) in [5, 5.41) is 5.72. The van der Waals surface area contributed by atoms with Gasteiger partial charge >= 0.3 is 0 Å². The summed E-state index contributed by atoms with van der Waals surface area (Å²) in [5.74, 6) is -0.644. The molecule has 1 aromatic carbocycles. The lowest BCUT2D eigenvalue weighted by Crippen LogP contribution is -2.26. The molecule has 0 aliphatic carbocycles. The third-order valence-corrected chi connectivity index (χ3v) is 2.74. The Kier molecular flexibility index (Phi) is 7.74. The van der Waals surface area contributed by atoms with E-state index in [1.54, 1.807) is 19.2 Å². The van der Waals surface area contributed by atoms with Crippen molar-refractivity contribution in [3.05, 3.63) is 28.8 Å². The number of anilines is 1. The molecule has 7 heteroatoms. The molecule has 0 spiro atoms. The molecule has 0 saturated heterocycles. The van der Waals surface area contributed by atoms with Crippen LogP contribution in [0.1, 0.15) is 17.3 Å². The lowest BCUT2D eigenvalue weighted by Gasteiger charge is -2.11. The van der Waals surface area contributed by atoms with Crippen LogP contribution in [0.4, 0.5) is 5.69 Å². The number of benzene rings is 1. The van der Waals surface area contributed by atoms with Crippen molar-refractivity contribution in [2.45, 2.75) is 6.92 Å². The SMILES string of the molecule is CCNC(=O)c1cc(Cl)ccc1NC(=O)COCCOC. The predicted molar refractivity (Wildman–Crippen MR) is 80.8 cm³/mol. The summed E-state index contributed by atoms with van der Waals surface area (Å²) >= 11 is 5.88. The zero-order valence-electron chi connectivity index (χ0n) is 12.1. The Hall–Kier alpha value is -1.63. The molecule has 1 aromatic rings. The number of hydrogen-bond donors (Lipinski definition) is 2.